The Morgan fingerprint density at radius 2 is 1.38 bits per heavy atom. The number of nitrogens with one attached hydrogen (secondary N) is 3. The van der Waals surface area contributed by atoms with Crippen LogP contribution in [0.5, 0.6) is 5.75 Å². The fourth-order valence-electron chi connectivity index (χ4n) is 4.94. The van der Waals surface area contributed by atoms with E-state index in [1.165, 1.54) is 0 Å². The average molecular weight is 618 g/mol. The van der Waals surface area contributed by atoms with Gasteiger partial charge in [0.25, 0.3) is 0 Å². The van der Waals surface area contributed by atoms with Crippen molar-refractivity contribution in [3.05, 3.63) is 101 Å². The summed E-state index contributed by atoms with van der Waals surface area (Å²) in [6.45, 7) is 4.09. The van der Waals surface area contributed by atoms with Crippen LogP contribution in [0.1, 0.15) is 47.1 Å². The minimum absolute atomic E-state index is 0.127. The molecule has 240 valence electrons. The predicted octanol–water partition coefficient (Wildman–Crippen LogP) is 2.67. The van der Waals surface area contributed by atoms with Crippen LogP contribution in [0.2, 0.25) is 0 Å². The van der Waals surface area contributed by atoms with Crippen molar-refractivity contribution in [3.8, 4) is 5.75 Å². The number of nitrogens with two attached hydrogens (primary N) is 2. The van der Waals surface area contributed by atoms with Crippen LogP contribution >= 0.6 is 0 Å². The number of alkyl carbamates (subject to hydrolysis) is 1. The number of hydrogen-bond donors (Lipinski definition) is 6. The summed E-state index contributed by atoms with van der Waals surface area (Å²) in [6, 6.07) is 18.7. The summed E-state index contributed by atoms with van der Waals surface area (Å²) in [5, 5.41) is 18.0. The highest BCUT2D eigenvalue weighted by Gasteiger charge is 2.28. The number of aromatic hydroxyl groups is 1. The van der Waals surface area contributed by atoms with Crippen LogP contribution in [-0.4, -0.2) is 53.6 Å². The fourth-order valence-corrected chi connectivity index (χ4v) is 4.94. The van der Waals surface area contributed by atoms with Gasteiger partial charge in [-0.25, -0.2) is 4.79 Å². The van der Waals surface area contributed by atoms with E-state index in [2.05, 4.69) is 16.0 Å². The first-order valence-electron chi connectivity index (χ1n) is 15.0. The van der Waals surface area contributed by atoms with E-state index in [9.17, 15) is 24.3 Å². The molecule has 8 N–H and O–H groups in total. The van der Waals surface area contributed by atoms with Gasteiger partial charge in [-0.2, -0.15) is 0 Å². The summed E-state index contributed by atoms with van der Waals surface area (Å²) < 4.78 is 5.22. The van der Waals surface area contributed by atoms with Gasteiger partial charge in [0.2, 0.25) is 17.7 Å². The zero-order valence-electron chi connectivity index (χ0n) is 25.8. The smallest absolute Gasteiger partial charge is 0.407 e. The van der Waals surface area contributed by atoms with Gasteiger partial charge < -0.3 is 37.3 Å². The molecule has 3 rings (SSSR count). The molecule has 0 bridgehead atoms. The van der Waals surface area contributed by atoms with E-state index in [0.717, 1.165) is 27.8 Å². The van der Waals surface area contributed by atoms with Gasteiger partial charge in [-0.1, -0.05) is 60.7 Å². The molecule has 0 aromatic heterocycles. The van der Waals surface area contributed by atoms with E-state index in [4.69, 9.17) is 16.2 Å². The van der Waals surface area contributed by atoms with Gasteiger partial charge in [0.15, 0.2) is 0 Å². The molecule has 3 aromatic carbocycles. The summed E-state index contributed by atoms with van der Waals surface area (Å²) in [6.07, 6.45) is 1.02. The van der Waals surface area contributed by atoms with Gasteiger partial charge in [-0.15, -0.1) is 0 Å². The van der Waals surface area contributed by atoms with Crippen molar-refractivity contribution in [1.29, 1.82) is 0 Å². The molecule has 11 heteroatoms. The number of unbranched alkanes of at least 4 members (excludes halogenated alkanes) is 1. The maximum absolute atomic E-state index is 13.4. The summed E-state index contributed by atoms with van der Waals surface area (Å²) in [5.41, 5.74) is 16.0. The van der Waals surface area contributed by atoms with Gasteiger partial charge in [-0.05, 0) is 79.5 Å². The second-order valence-corrected chi connectivity index (χ2v) is 11.1. The lowest BCUT2D eigenvalue weighted by molar-refractivity contribution is -0.131. The van der Waals surface area contributed by atoms with Crippen molar-refractivity contribution in [3.63, 3.8) is 0 Å². The normalized spacial score (nSPS) is 12.8. The zero-order chi connectivity index (χ0) is 32.8. The number of carbonyl (C=O) groups is 4. The number of ether oxygens (including phenoxy) is 1. The second-order valence-electron chi connectivity index (χ2n) is 11.1. The Hall–Kier alpha value is -4.90. The van der Waals surface area contributed by atoms with Crippen LogP contribution in [0.4, 0.5) is 4.79 Å². The quantitative estimate of drug-likeness (QED) is 0.133. The molecule has 3 aromatic rings. The lowest BCUT2D eigenvalue weighted by Gasteiger charge is -2.24. The van der Waals surface area contributed by atoms with Crippen molar-refractivity contribution in [2.75, 3.05) is 6.54 Å². The van der Waals surface area contributed by atoms with Crippen molar-refractivity contribution in [2.24, 2.45) is 11.5 Å². The number of benzene rings is 3. The Morgan fingerprint density at radius 3 is 1.98 bits per heavy atom. The molecule has 45 heavy (non-hydrogen) atoms. The number of primary amides is 1. The Balaban J connectivity index is 1.60. The van der Waals surface area contributed by atoms with Crippen LogP contribution in [0.3, 0.4) is 0 Å². The number of rotatable bonds is 16. The molecule has 1 unspecified atom stereocenters. The average Bonchev–Trinajstić information content (AvgIpc) is 3.01. The molecule has 0 aliphatic rings. The highest BCUT2D eigenvalue weighted by molar-refractivity contribution is 5.92. The lowest BCUT2D eigenvalue weighted by atomic mass is 9.95. The third-order valence-corrected chi connectivity index (χ3v) is 7.42. The highest BCUT2D eigenvalue weighted by atomic mass is 16.5. The van der Waals surface area contributed by atoms with E-state index in [1.54, 1.807) is 12.1 Å². The van der Waals surface area contributed by atoms with Crippen LogP contribution in [-0.2, 0) is 38.6 Å². The van der Waals surface area contributed by atoms with Crippen molar-refractivity contribution in [1.82, 2.24) is 16.0 Å². The van der Waals surface area contributed by atoms with Crippen molar-refractivity contribution in [2.45, 2.75) is 70.7 Å². The predicted molar refractivity (Wildman–Crippen MR) is 171 cm³/mol. The molecule has 0 radical (unpaired) electrons. The van der Waals surface area contributed by atoms with Crippen LogP contribution in [0.25, 0.3) is 0 Å². The second kappa shape index (κ2) is 17.4. The third kappa shape index (κ3) is 11.6. The summed E-state index contributed by atoms with van der Waals surface area (Å²) >= 11 is 0. The monoisotopic (exact) mass is 617 g/mol. The summed E-state index contributed by atoms with van der Waals surface area (Å²) in [5.74, 6) is -1.68. The first-order valence-corrected chi connectivity index (χ1v) is 15.0. The van der Waals surface area contributed by atoms with Crippen LogP contribution in [0.15, 0.2) is 72.8 Å². The van der Waals surface area contributed by atoms with Crippen LogP contribution < -0.4 is 27.4 Å². The van der Waals surface area contributed by atoms with Gasteiger partial charge in [-0.3, -0.25) is 14.4 Å². The van der Waals surface area contributed by atoms with Crippen molar-refractivity contribution < 1.29 is 29.0 Å². The first kappa shape index (κ1) is 34.6. The Kier molecular flexibility index (Phi) is 13.4. The van der Waals surface area contributed by atoms with Crippen molar-refractivity contribution >= 4 is 23.8 Å². The number of phenols is 1. The topological polar surface area (TPSA) is 186 Å². The molecule has 3 atom stereocenters. The van der Waals surface area contributed by atoms with Gasteiger partial charge in [0.1, 0.15) is 24.4 Å². The van der Waals surface area contributed by atoms with E-state index in [-0.39, 0.29) is 31.6 Å². The van der Waals surface area contributed by atoms with E-state index in [1.807, 2.05) is 74.5 Å². The van der Waals surface area contributed by atoms with Crippen LogP contribution in [0, 0.1) is 13.8 Å². The Labute approximate surface area is 263 Å². The molecule has 0 aliphatic carbocycles. The number of hydrogen-bond acceptors (Lipinski definition) is 7. The summed E-state index contributed by atoms with van der Waals surface area (Å²) in [4.78, 5) is 50.9. The summed E-state index contributed by atoms with van der Waals surface area (Å²) in [7, 11) is 0. The third-order valence-electron chi connectivity index (χ3n) is 7.42. The molecular weight excluding hydrogens is 574 g/mol. The molecule has 0 heterocycles. The molecular formula is C34H43N5O6. The molecule has 11 nitrogen and oxygen atoms in total. The van der Waals surface area contributed by atoms with Gasteiger partial charge in [0.05, 0.1) is 6.04 Å². The molecule has 0 saturated heterocycles. The molecule has 0 saturated carbocycles. The van der Waals surface area contributed by atoms with E-state index < -0.39 is 41.9 Å². The zero-order valence-corrected chi connectivity index (χ0v) is 25.8. The fraction of sp³-hybridized carbons (Fsp3) is 0.353. The minimum atomic E-state index is -1.01. The molecule has 0 spiro atoms. The Morgan fingerprint density at radius 1 is 0.800 bits per heavy atom. The molecule has 0 aliphatic heterocycles. The van der Waals surface area contributed by atoms with Gasteiger partial charge >= 0.3 is 6.09 Å². The maximum atomic E-state index is 13.4. The van der Waals surface area contributed by atoms with E-state index in [0.29, 0.717) is 19.4 Å². The number of aryl methyl sites for hydroxylation is 2. The number of amides is 4. The largest absolute Gasteiger partial charge is 0.508 e. The molecule has 0 fully saturated rings. The standard InChI is InChI=1S/C34H43N5O6/c1-22-17-26(40)18-23(2)27(22)20-28(35)32(42)38-29(33(43)39-30(31(36)41)19-24-11-5-3-6-12-24)15-9-10-16-37-34(44)45-21-25-13-7-4-8-14-25/h3-8,11-14,17-18,28-30,40H,9-10,15-16,19-21,35H2,1-2H3,(H2,36,41)(H,37,44)(H,38,42)(H,39,43)/t28?,29-,30-/m0/s1. The molecule has 4 amide bonds. The minimum Gasteiger partial charge on any atom is -0.508 e. The lowest BCUT2D eigenvalue weighted by Crippen LogP contribution is -2.56. The highest BCUT2D eigenvalue weighted by Crippen LogP contribution is 2.22. The number of carbonyl (C=O) groups excluding carboxylic acids is 4. The maximum Gasteiger partial charge on any atom is 0.407 e. The first-order chi connectivity index (χ1) is 21.5. The number of phenolic OH excluding ortho intramolecular Hbond substituents is 1. The van der Waals surface area contributed by atoms with E-state index >= 15 is 0 Å². The van der Waals surface area contributed by atoms with Gasteiger partial charge in [0, 0.05) is 13.0 Å². The Bertz CT molecular complexity index is 1410. The SMILES string of the molecule is Cc1cc(O)cc(C)c1CC(N)C(=O)N[C@@H](CCCCNC(=O)OCc1ccccc1)C(=O)N[C@@H](Cc1ccccc1)C(N)=O.